The number of carbonyl (C=O) groups is 1. The molecule has 1 atom stereocenters. The number of benzene rings is 1. The van der Waals surface area contributed by atoms with Gasteiger partial charge in [0.2, 0.25) is 5.01 Å². The molecule has 3 rings (SSSR count). The van der Waals surface area contributed by atoms with Gasteiger partial charge in [0.25, 0.3) is 5.91 Å². The quantitative estimate of drug-likeness (QED) is 0.891. The molecule has 6 nitrogen and oxygen atoms in total. The number of carbonyl (C=O) groups excluding carboxylic acids is 1. The Labute approximate surface area is 137 Å². The van der Waals surface area contributed by atoms with Gasteiger partial charge >= 0.3 is 0 Å². The lowest BCUT2D eigenvalue weighted by Crippen LogP contribution is -2.37. The highest BCUT2D eigenvalue weighted by Gasteiger charge is 2.20. The van der Waals surface area contributed by atoms with E-state index in [4.69, 9.17) is 0 Å². The van der Waals surface area contributed by atoms with Gasteiger partial charge in [0.1, 0.15) is 10.8 Å². The first-order chi connectivity index (χ1) is 11.1. The molecule has 2 heterocycles. The first-order valence-electron chi connectivity index (χ1n) is 7.40. The van der Waals surface area contributed by atoms with Crippen molar-refractivity contribution in [1.29, 1.82) is 0 Å². The van der Waals surface area contributed by atoms with Crippen LogP contribution in [0.25, 0.3) is 0 Å². The fraction of sp³-hybridized carbons (Fsp3) is 0.400. The maximum Gasteiger partial charge on any atom is 0.286 e. The van der Waals surface area contributed by atoms with E-state index in [1.807, 2.05) is 0 Å². The highest BCUT2D eigenvalue weighted by atomic mass is 32.1. The van der Waals surface area contributed by atoms with Gasteiger partial charge in [-0.1, -0.05) is 11.3 Å². The number of hydrogen-bond acceptors (Lipinski definition) is 6. The Balaban J connectivity index is 1.59. The van der Waals surface area contributed by atoms with Crippen molar-refractivity contribution in [2.45, 2.75) is 25.5 Å². The number of aliphatic hydroxyl groups excluding tert-OH is 1. The van der Waals surface area contributed by atoms with E-state index in [9.17, 15) is 14.3 Å². The van der Waals surface area contributed by atoms with Crippen molar-refractivity contribution < 1.29 is 14.3 Å². The number of nitrogens with zero attached hydrogens (tertiary/aromatic N) is 3. The van der Waals surface area contributed by atoms with Crippen LogP contribution in [-0.4, -0.2) is 45.3 Å². The Morgan fingerprint density at radius 1 is 1.39 bits per heavy atom. The SMILES string of the molecule is O=C(Nc1ccc(F)cc1)c1nnc(CN2CCCC(O)C2)s1. The van der Waals surface area contributed by atoms with Gasteiger partial charge in [0.05, 0.1) is 12.6 Å². The van der Waals surface area contributed by atoms with Gasteiger partial charge in [0.15, 0.2) is 0 Å². The zero-order chi connectivity index (χ0) is 16.2. The molecule has 1 aliphatic heterocycles. The van der Waals surface area contributed by atoms with Crippen LogP contribution in [0.3, 0.4) is 0 Å². The van der Waals surface area contributed by atoms with Crippen LogP contribution < -0.4 is 5.32 Å². The molecule has 1 aromatic heterocycles. The summed E-state index contributed by atoms with van der Waals surface area (Å²) in [4.78, 5) is 14.2. The molecule has 1 saturated heterocycles. The third kappa shape index (κ3) is 4.31. The number of anilines is 1. The average Bonchev–Trinajstić information content (AvgIpc) is 2.98. The lowest BCUT2D eigenvalue weighted by atomic mass is 10.1. The van der Waals surface area contributed by atoms with E-state index < -0.39 is 0 Å². The molecular weight excluding hydrogens is 319 g/mol. The third-order valence-electron chi connectivity index (χ3n) is 3.60. The Morgan fingerprint density at radius 2 is 2.17 bits per heavy atom. The van der Waals surface area contributed by atoms with Crippen LogP contribution in [0.15, 0.2) is 24.3 Å². The summed E-state index contributed by atoms with van der Waals surface area (Å²) in [5.74, 6) is -0.719. The van der Waals surface area contributed by atoms with Crippen LogP contribution in [0, 0.1) is 5.82 Å². The van der Waals surface area contributed by atoms with Crippen LogP contribution >= 0.6 is 11.3 Å². The average molecular weight is 336 g/mol. The normalized spacial score (nSPS) is 18.8. The summed E-state index contributed by atoms with van der Waals surface area (Å²) in [5, 5.41) is 21.3. The maximum atomic E-state index is 12.8. The molecule has 1 unspecified atom stereocenters. The molecule has 0 radical (unpaired) electrons. The fourth-order valence-corrected chi connectivity index (χ4v) is 3.27. The summed E-state index contributed by atoms with van der Waals surface area (Å²) in [6.07, 6.45) is 1.49. The lowest BCUT2D eigenvalue weighted by Gasteiger charge is -2.28. The van der Waals surface area contributed by atoms with Gasteiger partial charge in [0, 0.05) is 12.2 Å². The van der Waals surface area contributed by atoms with E-state index in [0.717, 1.165) is 24.4 Å². The van der Waals surface area contributed by atoms with Gasteiger partial charge in [-0.05, 0) is 43.7 Å². The van der Waals surface area contributed by atoms with Gasteiger partial charge < -0.3 is 10.4 Å². The molecular formula is C15H17FN4O2S. The van der Waals surface area contributed by atoms with Gasteiger partial charge in [-0.15, -0.1) is 10.2 Å². The number of aliphatic hydroxyl groups is 1. The number of nitrogens with one attached hydrogen (secondary N) is 1. The van der Waals surface area contributed by atoms with Crippen LogP contribution in [0.1, 0.15) is 27.7 Å². The first kappa shape index (κ1) is 16.0. The summed E-state index contributed by atoms with van der Waals surface area (Å²) in [6, 6.07) is 5.54. The number of hydrogen-bond donors (Lipinski definition) is 2. The lowest BCUT2D eigenvalue weighted by molar-refractivity contribution is 0.0667. The molecule has 8 heteroatoms. The smallest absolute Gasteiger partial charge is 0.286 e. The molecule has 122 valence electrons. The molecule has 1 fully saturated rings. The minimum Gasteiger partial charge on any atom is -0.392 e. The molecule has 2 aromatic rings. The zero-order valence-electron chi connectivity index (χ0n) is 12.4. The molecule has 0 bridgehead atoms. The summed E-state index contributed by atoms with van der Waals surface area (Å²) < 4.78 is 12.8. The van der Waals surface area contributed by atoms with Gasteiger partial charge in [-0.3, -0.25) is 9.69 Å². The van der Waals surface area contributed by atoms with E-state index in [0.29, 0.717) is 18.8 Å². The van der Waals surface area contributed by atoms with E-state index >= 15 is 0 Å². The van der Waals surface area contributed by atoms with Crippen molar-refractivity contribution in [2.75, 3.05) is 18.4 Å². The number of halogens is 1. The molecule has 23 heavy (non-hydrogen) atoms. The van der Waals surface area contributed by atoms with Crippen LogP contribution in [0.4, 0.5) is 10.1 Å². The molecule has 1 amide bonds. The summed E-state index contributed by atoms with van der Waals surface area (Å²) in [5.41, 5.74) is 0.507. The van der Waals surface area contributed by atoms with Crippen LogP contribution in [0.2, 0.25) is 0 Å². The van der Waals surface area contributed by atoms with Gasteiger partial charge in [-0.2, -0.15) is 0 Å². The number of β-amino-alcohol motifs (C(OH)–C–C–N with tert-alkyl or cyclic N) is 1. The topological polar surface area (TPSA) is 78.4 Å². The number of piperidine rings is 1. The van der Waals surface area contributed by atoms with Crippen LogP contribution in [-0.2, 0) is 6.54 Å². The molecule has 1 aliphatic rings. The van der Waals surface area contributed by atoms with Crippen molar-refractivity contribution in [2.24, 2.45) is 0 Å². The Hall–Kier alpha value is -1.90. The number of amides is 1. The minimum absolute atomic E-state index is 0.266. The molecule has 0 aliphatic carbocycles. The van der Waals surface area contributed by atoms with Crippen LogP contribution in [0.5, 0.6) is 0 Å². The standard InChI is InChI=1S/C15H17FN4O2S/c16-10-3-5-11(6-4-10)17-14(22)15-19-18-13(23-15)9-20-7-1-2-12(21)8-20/h3-6,12,21H,1-2,7-9H2,(H,17,22). The van der Waals surface area contributed by atoms with Crippen molar-refractivity contribution >= 4 is 22.9 Å². The highest BCUT2D eigenvalue weighted by Crippen LogP contribution is 2.18. The van der Waals surface area contributed by atoms with E-state index in [2.05, 4.69) is 20.4 Å². The van der Waals surface area contributed by atoms with Crippen molar-refractivity contribution in [3.05, 3.63) is 40.1 Å². The second kappa shape index (κ2) is 7.12. The first-order valence-corrected chi connectivity index (χ1v) is 8.21. The number of rotatable bonds is 4. The highest BCUT2D eigenvalue weighted by molar-refractivity contribution is 7.13. The molecule has 0 spiro atoms. The molecule has 1 aromatic carbocycles. The zero-order valence-corrected chi connectivity index (χ0v) is 13.2. The predicted octanol–water partition coefficient (Wildman–Crippen LogP) is 1.89. The van der Waals surface area contributed by atoms with E-state index in [1.54, 1.807) is 0 Å². The minimum atomic E-state index is -0.362. The molecule has 0 saturated carbocycles. The van der Waals surface area contributed by atoms with Gasteiger partial charge in [-0.25, -0.2) is 4.39 Å². The number of aromatic nitrogens is 2. The second-order valence-corrected chi connectivity index (χ2v) is 6.56. The summed E-state index contributed by atoms with van der Waals surface area (Å²) >= 11 is 1.23. The Bertz CT molecular complexity index is 676. The van der Waals surface area contributed by atoms with Crippen molar-refractivity contribution in [3.63, 3.8) is 0 Å². The monoisotopic (exact) mass is 336 g/mol. The van der Waals surface area contributed by atoms with E-state index in [-0.39, 0.29) is 22.8 Å². The summed E-state index contributed by atoms with van der Waals surface area (Å²) in [6.45, 7) is 2.11. The van der Waals surface area contributed by atoms with Crippen molar-refractivity contribution in [3.8, 4) is 0 Å². The Kier molecular flexibility index (Phi) is 4.94. The molecule has 2 N–H and O–H groups in total. The predicted molar refractivity (Wildman–Crippen MR) is 84.8 cm³/mol. The Morgan fingerprint density at radius 3 is 2.91 bits per heavy atom. The van der Waals surface area contributed by atoms with E-state index in [1.165, 1.54) is 35.6 Å². The third-order valence-corrected chi connectivity index (χ3v) is 4.51. The number of likely N-dealkylation sites (tertiary alicyclic amines) is 1. The maximum absolute atomic E-state index is 12.8. The second-order valence-electron chi connectivity index (χ2n) is 5.49. The fourth-order valence-electron chi connectivity index (χ4n) is 2.49. The van der Waals surface area contributed by atoms with Crippen molar-refractivity contribution in [1.82, 2.24) is 15.1 Å². The summed E-state index contributed by atoms with van der Waals surface area (Å²) in [7, 11) is 0. The largest absolute Gasteiger partial charge is 0.392 e.